The number of sulfonamides is 1. The molecule has 0 bridgehead atoms. The third-order valence-electron chi connectivity index (χ3n) is 7.05. The third kappa shape index (κ3) is 7.72. The number of amides is 2. The fraction of sp³-hybridized carbons (Fsp3) is 0.387. The van der Waals surface area contributed by atoms with E-state index in [4.69, 9.17) is 4.74 Å². The fourth-order valence-corrected chi connectivity index (χ4v) is 6.41. The molecule has 1 aliphatic heterocycles. The number of hydrogen-bond acceptors (Lipinski definition) is 7. The summed E-state index contributed by atoms with van der Waals surface area (Å²) in [5.41, 5.74) is 1.86. The summed E-state index contributed by atoms with van der Waals surface area (Å²) >= 11 is 0. The predicted molar refractivity (Wildman–Crippen MR) is 159 cm³/mol. The molecule has 1 saturated heterocycles. The number of carbonyl (C=O) groups is 2. The first-order valence-electron chi connectivity index (χ1n) is 14.1. The molecule has 224 valence electrons. The number of nitrogens with zero attached hydrogens (tertiary/aromatic N) is 3. The summed E-state index contributed by atoms with van der Waals surface area (Å²) in [6.07, 6.45) is -0.529. The van der Waals surface area contributed by atoms with E-state index in [-0.39, 0.29) is 36.9 Å². The van der Waals surface area contributed by atoms with E-state index in [0.29, 0.717) is 5.82 Å². The third-order valence-corrected chi connectivity index (χ3v) is 8.90. The molecule has 1 aliphatic rings. The van der Waals surface area contributed by atoms with E-state index in [2.05, 4.69) is 10.3 Å². The molecule has 4 rings (SSSR count). The molecule has 2 amide bonds. The van der Waals surface area contributed by atoms with Crippen LogP contribution in [0.4, 0.5) is 10.6 Å². The van der Waals surface area contributed by atoms with E-state index in [1.807, 2.05) is 51.1 Å². The Morgan fingerprint density at radius 1 is 1.05 bits per heavy atom. The standard InChI is InChI=1S/C31H38N4O6S/c1-4-23-13-15-25(16-14-23)42(39,40)34(19-22(2)3)20-27(36)26(18-24-10-6-5-7-11-24)33-30(37)28-21-35(31(38)41-28)29-12-8-9-17-32-29/h5-17,22,26-28,36H,4,18-21H2,1-3H3,(H,33,37)/t26-,27+,28-/m0/s1. The number of carbonyl (C=O) groups excluding carboxylic acids is 2. The minimum atomic E-state index is -3.93. The topological polar surface area (TPSA) is 129 Å². The highest BCUT2D eigenvalue weighted by Gasteiger charge is 2.39. The van der Waals surface area contributed by atoms with Gasteiger partial charge in [0.1, 0.15) is 5.82 Å². The van der Waals surface area contributed by atoms with Gasteiger partial charge in [-0.1, -0.05) is 69.3 Å². The lowest BCUT2D eigenvalue weighted by Gasteiger charge is -2.31. The van der Waals surface area contributed by atoms with Gasteiger partial charge in [-0.2, -0.15) is 4.31 Å². The monoisotopic (exact) mass is 594 g/mol. The van der Waals surface area contributed by atoms with Crippen molar-refractivity contribution in [3.8, 4) is 0 Å². The summed E-state index contributed by atoms with van der Waals surface area (Å²) < 4.78 is 34.0. The van der Waals surface area contributed by atoms with Gasteiger partial charge in [0.25, 0.3) is 5.91 Å². The first-order valence-corrected chi connectivity index (χ1v) is 15.5. The second kappa shape index (κ2) is 13.9. The number of aliphatic hydroxyl groups excluding tert-OH is 1. The van der Waals surface area contributed by atoms with Gasteiger partial charge in [-0.3, -0.25) is 9.69 Å². The van der Waals surface area contributed by atoms with Crippen LogP contribution < -0.4 is 10.2 Å². The average molecular weight is 595 g/mol. The van der Waals surface area contributed by atoms with Crippen LogP contribution in [0.1, 0.15) is 31.9 Å². The van der Waals surface area contributed by atoms with Gasteiger partial charge in [0.05, 0.1) is 23.6 Å². The molecule has 0 spiro atoms. The van der Waals surface area contributed by atoms with Crippen LogP contribution in [0.2, 0.25) is 0 Å². The number of aromatic nitrogens is 1. The van der Waals surface area contributed by atoms with Crippen LogP contribution in [-0.2, 0) is 32.4 Å². The quantitative estimate of drug-likeness (QED) is 0.310. The van der Waals surface area contributed by atoms with E-state index < -0.39 is 40.3 Å². The van der Waals surface area contributed by atoms with Crippen LogP contribution in [0.15, 0.2) is 83.9 Å². The largest absolute Gasteiger partial charge is 0.434 e. The number of rotatable bonds is 13. The number of nitrogens with one attached hydrogen (secondary N) is 1. The second-order valence-electron chi connectivity index (χ2n) is 10.8. The van der Waals surface area contributed by atoms with Gasteiger partial charge < -0.3 is 15.2 Å². The zero-order valence-electron chi connectivity index (χ0n) is 24.1. The lowest BCUT2D eigenvalue weighted by atomic mass is 10.0. The molecule has 0 saturated carbocycles. The molecule has 1 fully saturated rings. The minimum Gasteiger partial charge on any atom is -0.434 e. The summed E-state index contributed by atoms with van der Waals surface area (Å²) in [5.74, 6) is -0.241. The molecular weight excluding hydrogens is 556 g/mol. The van der Waals surface area contributed by atoms with Crippen LogP contribution in [0, 0.1) is 5.92 Å². The normalized spacial score (nSPS) is 16.9. The van der Waals surface area contributed by atoms with Crippen molar-refractivity contribution in [3.63, 3.8) is 0 Å². The smallest absolute Gasteiger partial charge is 0.416 e. The Morgan fingerprint density at radius 2 is 1.74 bits per heavy atom. The Morgan fingerprint density at radius 3 is 2.36 bits per heavy atom. The van der Waals surface area contributed by atoms with Crippen LogP contribution in [0.25, 0.3) is 0 Å². The molecule has 2 aromatic carbocycles. The average Bonchev–Trinajstić information content (AvgIpc) is 3.38. The van der Waals surface area contributed by atoms with Crippen molar-refractivity contribution in [2.75, 3.05) is 24.5 Å². The van der Waals surface area contributed by atoms with E-state index >= 15 is 0 Å². The molecule has 10 nitrogen and oxygen atoms in total. The zero-order valence-corrected chi connectivity index (χ0v) is 24.9. The molecule has 42 heavy (non-hydrogen) atoms. The van der Waals surface area contributed by atoms with Gasteiger partial charge in [-0.25, -0.2) is 18.2 Å². The van der Waals surface area contributed by atoms with Gasteiger partial charge in [-0.15, -0.1) is 0 Å². The Kier molecular flexibility index (Phi) is 10.3. The summed E-state index contributed by atoms with van der Waals surface area (Å²) in [7, 11) is -3.93. The van der Waals surface area contributed by atoms with E-state index in [9.17, 15) is 23.1 Å². The minimum absolute atomic E-state index is 0.0143. The summed E-state index contributed by atoms with van der Waals surface area (Å²) in [4.78, 5) is 31.4. The van der Waals surface area contributed by atoms with Crippen molar-refractivity contribution >= 4 is 27.8 Å². The van der Waals surface area contributed by atoms with Crippen molar-refractivity contribution in [2.45, 2.75) is 56.8 Å². The maximum atomic E-state index is 13.7. The Bertz CT molecular complexity index is 1440. The van der Waals surface area contributed by atoms with E-state index in [1.54, 1.807) is 42.5 Å². The molecular formula is C31H38N4O6S. The number of pyridine rings is 1. The highest BCUT2D eigenvalue weighted by atomic mass is 32.2. The van der Waals surface area contributed by atoms with Crippen molar-refractivity contribution < 1.29 is 27.9 Å². The Hall–Kier alpha value is -3.80. The van der Waals surface area contributed by atoms with Crippen molar-refractivity contribution in [1.82, 2.24) is 14.6 Å². The predicted octanol–water partition coefficient (Wildman–Crippen LogP) is 3.40. The molecule has 0 aliphatic carbocycles. The molecule has 11 heteroatoms. The number of aliphatic hydroxyl groups is 1. The number of benzene rings is 2. The molecule has 1 aromatic heterocycles. The lowest BCUT2D eigenvalue weighted by Crippen LogP contribution is -2.53. The molecule has 0 unspecified atom stereocenters. The number of ether oxygens (including phenoxy) is 1. The Balaban J connectivity index is 1.54. The van der Waals surface area contributed by atoms with E-state index in [1.165, 1.54) is 15.4 Å². The van der Waals surface area contributed by atoms with Gasteiger partial charge in [0, 0.05) is 19.3 Å². The number of aryl methyl sites for hydroxylation is 1. The highest BCUT2D eigenvalue weighted by molar-refractivity contribution is 7.89. The molecule has 2 N–H and O–H groups in total. The van der Waals surface area contributed by atoms with E-state index in [0.717, 1.165) is 17.5 Å². The van der Waals surface area contributed by atoms with Crippen molar-refractivity contribution in [3.05, 3.63) is 90.1 Å². The van der Waals surface area contributed by atoms with Gasteiger partial charge in [0.2, 0.25) is 10.0 Å². The maximum Gasteiger partial charge on any atom is 0.416 e. The molecule has 2 heterocycles. The molecule has 3 aromatic rings. The first-order chi connectivity index (χ1) is 20.1. The second-order valence-corrected chi connectivity index (χ2v) is 12.7. The lowest BCUT2D eigenvalue weighted by molar-refractivity contribution is -0.129. The maximum absolute atomic E-state index is 13.7. The summed E-state index contributed by atoms with van der Waals surface area (Å²) in [6.45, 7) is 5.70. The highest BCUT2D eigenvalue weighted by Crippen LogP contribution is 2.22. The molecule has 0 radical (unpaired) electrons. The van der Waals surface area contributed by atoms with Gasteiger partial charge in [0.15, 0.2) is 6.10 Å². The zero-order chi connectivity index (χ0) is 30.3. The molecule has 3 atom stereocenters. The van der Waals surface area contributed by atoms with Crippen LogP contribution in [-0.4, -0.2) is 72.7 Å². The van der Waals surface area contributed by atoms with Crippen LogP contribution in [0.3, 0.4) is 0 Å². The van der Waals surface area contributed by atoms with Crippen molar-refractivity contribution in [1.29, 1.82) is 0 Å². The van der Waals surface area contributed by atoms with Crippen LogP contribution >= 0.6 is 0 Å². The summed E-state index contributed by atoms with van der Waals surface area (Å²) in [6, 6.07) is 20.2. The number of hydrogen-bond donors (Lipinski definition) is 2. The fourth-order valence-electron chi connectivity index (χ4n) is 4.79. The van der Waals surface area contributed by atoms with Gasteiger partial charge in [-0.05, 0) is 54.2 Å². The van der Waals surface area contributed by atoms with Crippen LogP contribution in [0.5, 0.6) is 0 Å². The first kappa shape index (κ1) is 31.1. The SMILES string of the molecule is CCc1ccc(S(=O)(=O)N(CC(C)C)C[C@@H](O)[C@H](Cc2ccccc2)NC(=O)[C@@H]2CN(c3ccccn3)C(=O)O2)cc1. The number of anilines is 1. The number of cyclic esters (lactones) is 1. The Labute approximate surface area is 247 Å². The van der Waals surface area contributed by atoms with Gasteiger partial charge >= 0.3 is 6.09 Å². The summed E-state index contributed by atoms with van der Waals surface area (Å²) in [5, 5.41) is 14.3. The van der Waals surface area contributed by atoms with Crippen molar-refractivity contribution in [2.24, 2.45) is 5.92 Å².